The molecule has 6 nitrogen and oxygen atoms in total. The van der Waals surface area contributed by atoms with Crippen molar-refractivity contribution in [3.05, 3.63) is 100 Å². The van der Waals surface area contributed by atoms with E-state index in [1.807, 2.05) is 61.5 Å². The van der Waals surface area contributed by atoms with Gasteiger partial charge in [0, 0.05) is 58.1 Å². The molecule has 0 saturated carbocycles. The van der Waals surface area contributed by atoms with Crippen molar-refractivity contribution in [2.75, 3.05) is 51.7 Å². The van der Waals surface area contributed by atoms with Crippen molar-refractivity contribution in [1.29, 1.82) is 0 Å². The number of nitrogens with zero attached hydrogens (tertiary/aromatic N) is 3. The van der Waals surface area contributed by atoms with Gasteiger partial charge in [-0.2, -0.15) is 0 Å². The van der Waals surface area contributed by atoms with Gasteiger partial charge in [-0.3, -0.25) is 9.59 Å². The standard InChI is InChI=1S/C31H34ClFN4O2/c1-35(2)25-13-11-22(12-14-25)30(38)34-28(21-7-4-3-5-8-21)15-16-36-17-23-19-37(20-24(23)18-36)31(39)29-26(32)9-6-10-27(29)33/h3-14,23-24,28H,15-20H2,1-2H3,(H,34,38). The van der Waals surface area contributed by atoms with Crippen molar-refractivity contribution in [2.45, 2.75) is 12.5 Å². The Morgan fingerprint density at radius 1 is 0.949 bits per heavy atom. The number of carbonyl (C=O) groups is 2. The number of nitrogens with one attached hydrogen (secondary N) is 1. The van der Waals surface area contributed by atoms with Gasteiger partial charge in [-0.15, -0.1) is 0 Å². The Balaban J connectivity index is 1.19. The molecule has 5 rings (SSSR count). The third-order valence-corrected chi connectivity index (χ3v) is 8.23. The molecular weight excluding hydrogens is 515 g/mol. The van der Waals surface area contributed by atoms with Crippen molar-refractivity contribution in [3.8, 4) is 0 Å². The van der Waals surface area contributed by atoms with E-state index < -0.39 is 5.82 Å². The average molecular weight is 549 g/mol. The lowest BCUT2D eigenvalue weighted by molar-refractivity contribution is 0.0769. The number of hydrogen-bond donors (Lipinski definition) is 1. The van der Waals surface area contributed by atoms with E-state index in [1.54, 1.807) is 11.0 Å². The minimum atomic E-state index is -0.575. The van der Waals surface area contributed by atoms with Crippen LogP contribution in [0.4, 0.5) is 10.1 Å². The summed E-state index contributed by atoms with van der Waals surface area (Å²) in [7, 11) is 3.95. The Kier molecular flexibility index (Phi) is 8.19. The van der Waals surface area contributed by atoms with Crippen LogP contribution in [0.2, 0.25) is 5.02 Å². The Labute approximate surface area is 234 Å². The number of likely N-dealkylation sites (tertiary alicyclic amines) is 2. The molecule has 0 bridgehead atoms. The van der Waals surface area contributed by atoms with Crippen LogP contribution in [0.15, 0.2) is 72.8 Å². The lowest BCUT2D eigenvalue weighted by Gasteiger charge is -2.25. The Morgan fingerprint density at radius 2 is 1.62 bits per heavy atom. The van der Waals surface area contributed by atoms with Crippen molar-refractivity contribution in [3.63, 3.8) is 0 Å². The maximum Gasteiger partial charge on any atom is 0.258 e. The molecule has 39 heavy (non-hydrogen) atoms. The zero-order valence-electron chi connectivity index (χ0n) is 22.3. The smallest absolute Gasteiger partial charge is 0.258 e. The summed E-state index contributed by atoms with van der Waals surface area (Å²) < 4.78 is 14.3. The summed E-state index contributed by atoms with van der Waals surface area (Å²) in [5.41, 5.74) is 2.72. The van der Waals surface area contributed by atoms with E-state index in [-0.39, 0.29) is 28.4 Å². The lowest BCUT2D eigenvalue weighted by Crippen LogP contribution is -2.35. The second kappa shape index (κ2) is 11.8. The van der Waals surface area contributed by atoms with Gasteiger partial charge in [-0.1, -0.05) is 48.0 Å². The molecule has 3 unspecified atom stereocenters. The van der Waals surface area contributed by atoms with Crippen molar-refractivity contribution >= 4 is 29.1 Å². The topological polar surface area (TPSA) is 55.9 Å². The monoisotopic (exact) mass is 548 g/mol. The van der Waals surface area contributed by atoms with Gasteiger partial charge in [0.1, 0.15) is 5.82 Å². The summed E-state index contributed by atoms with van der Waals surface area (Å²) in [6.45, 7) is 3.79. The third kappa shape index (κ3) is 6.10. The summed E-state index contributed by atoms with van der Waals surface area (Å²) in [5.74, 6) is -0.300. The molecule has 3 aromatic rings. The van der Waals surface area contributed by atoms with Crippen LogP contribution in [0.3, 0.4) is 0 Å². The minimum absolute atomic E-state index is 0.0335. The van der Waals surface area contributed by atoms with Crippen LogP contribution >= 0.6 is 11.6 Å². The third-order valence-electron chi connectivity index (χ3n) is 7.91. The van der Waals surface area contributed by atoms with E-state index in [1.165, 1.54) is 12.1 Å². The van der Waals surface area contributed by atoms with Crippen LogP contribution in [-0.2, 0) is 0 Å². The fourth-order valence-electron chi connectivity index (χ4n) is 5.77. The van der Waals surface area contributed by atoms with E-state index in [9.17, 15) is 14.0 Å². The highest BCUT2D eigenvalue weighted by Crippen LogP contribution is 2.34. The van der Waals surface area contributed by atoms with E-state index in [2.05, 4.69) is 22.3 Å². The van der Waals surface area contributed by atoms with Gasteiger partial charge >= 0.3 is 0 Å². The van der Waals surface area contributed by atoms with E-state index in [4.69, 9.17) is 11.6 Å². The molecule has 2 heterocycles. The highest BCUT2D eigenvalue weighted by molar-refractivity contribution is 6.33. The van der Waals surface area contributed by atoms with E-state index >= 15 is 0 Å². The first kappa shape index (κ1) is 27.2. The van der Waals surface area contributed by atoms with Crippen molar-refractivity contribution in [2.24, 2.45) is 11.8 Å². The first-order valence-corrected chi connectivity index (χ1v) is 13.8. The molecule has 2 aliphatic heterocycles. The van der Waals surface area contributed by atoms with Crippen LogP contribution in [-0.4, -0.2) is 68.4 Å². The molecule has 3 atom stereocenters. The van der Waals surface area contributed by atoms with Crippen LogP contribution in [0.1, 0.15) is 38.7 Å². The second-order valence-electron chi connectivity index (χ2n) is 10.8. The van der Waals surface area contributed by atoms with Crippen LogP contribution < -0.4 is 10.2 Å². The van der Waals surface area contributed by atoms with Gasteiger partial charge < -0.3 is 20.0 Å². The highest BCUT2D eigenvalue weighted by Gasteiger charge is 2.42. The molecule has 2 amide bonds. The molecule has 3 aromatic carbocycles. The Bertz CT molecular complexity index is 1280. The van der Waals surface area contributed by atoms with Gasteiger partial charge in [0.05, 0.1) is 16.6 Å². The maximum atomic E-state index is 14.3. The molecule has 0 aromatic heterocycles. The maximum absolute atomic E-state index is 14.3. The van der Waals surface area contributed by atoms with Crippen molar-refractivity contribution in [1.82, 2.24) is 15.1 Å². The zero-order valence-corrected chi connectivity index (χ0v) is 23.1. The Morgan fingerprint density at radius 3 is 2.23 bits per heavy atom. The molecular formula is C31H34ClFN4O2. The van der Waals surface area contributed by atoms with Gasteiger partial charge in [-0.25, -0.2) is 4.39 Å². The average Bonchev–Trinajstić information content (AvgIpc) is 3.50. The minimum Gasteiger partial charge on any atom is -0.378 e. The molecule has 0 aliphatic carbocycles. The van der Waals surface area contributed by atoms with Crippen LogP contribution in [0.5, 0.6) is 0 Å². The Hall–Kier alpha value is -3.42. The molecule has 2 saturated heterocycles. The first-order valence-electron chi connectivity index (χ1n) is 13.4. The van der Waals surface area contributed by atoms with Crippen LogP contribution in [0, 0.1) is 17.7 Å². The first-order chi connectivity index (χ1) is 18.8. The molecule has 0 spiro atoms. The normalized spacial score (nSPS) is 19.5. The van der Waals surface area contributed by atoms with E-state index in [0.717, 1.165) is 37.3 Å². The second-order valence-corrected chi connectivity index (χ2v) is 11.2. The lowest BCUT2D eigenvalue weighted by atomic mass is 10.0. The molecule has 2 aliphatic rings. The quantitative estimate of drug-likeness (QED) is 0.425. The predicted octanol–water partition coefficient (Wildman–Crippen LogP) is 5.11. The largest absolute Gasteiger partial charge is 0.378 e. The molecule has 0 radical (unpaired) electrons. The fraction of sp³-hybridized carbons (Fsp3) is 0.355. The summed E-state index contributed by atoms with van der Waals surface area (Å²) in [5, 5.41) is 3.40. The fourth-order valence-corrected chi connectivity index (χ4v) is 6.01. The molecule has 8 heteroatoms. The summed E-state index contributed by atoms with van der Waals surface area (Å²) >= 11 is 6.13. The number of carbonyl (C=O) groups excluding carboxylic acids is 2. The number of fused-ring (bicyclic) bond motifs is 1. The number of halogens is 2. The number of hydrogen-bond acceptors (Lipinski definition) is 4. The summed E-state index contributed by atoms with van der Waals surface area (Å²) in [4.78, 5) is 32.3. The zero-order chi connectivity index (χ0) is 27.5. The van der Waals surface area contributed by atoms with Gasteiger partial charge in [0.15, 0.2) is 0 Å². The summed E-state index contributed by atoms with van der Waals surface area (Å²) in [6.07, 6.45) is 0.776. The number of benzene rings is 3. The van der Waals surface area contributed by atoms with Gasteiger partial charge in [-0.05, 0) is 60.2 Å². The number of rotatable bonds is 8. The molecule has 1 N–H and O–H groups in total. The number of amides is 2. The molecule has 2 fully saturated rings. The van der Waals surface area contributed by atoms with Crippen LogP contribution in [0.25, 0.3) is 0 Å². The number of anilines is 1. The predicted molar refractivity (Wildman–Crippen MR) is 153 cm³/mol. The van der Waals surface area contributed by atoms with Crippen molar-refractivity contribution < 1.29 is 14.0 Å². The van der Waals surface area contributed by atoms with E-state index in [0.29, 0.717) is 30.5 Å². The highest BCUT2D eigenvalue weighted by atomic mass is 35.5. The van der Waals surface area contributed by atoms with Gasteiger partial charge in [0.2, 0.25) is 0 Å². The SMILES string of the molecule is CN(C)c1ccc(C(=O)NC(CCN2CC3CN(C(=O)c4c(F)cccc4Cl)CC3C2)c2ccccc2)cc1. The van der Waals surface area contributed by atoms with Gasteiger partial charge in [0.25, 0.3) is 11.8 Å². The summed E-state index contributed by atoms with van der Waals surface area (Å²) in [6, 6.07) is 21.9. The molecule has 204 valence electrons.